The first kappa shape index (κ1) is 20.1. The number of ether oxygens (including phenoxy) is 1. The van der Waals surface area contributed by atoms with E-state index in [9.17, 15) is 18.0 Å². The molecule has 2 rings (SSSR count). The van der Waals surface area contributed by atoms with Crippen LogP contribution in [0, 0.1) is 20.8 Å². The molecule has 1 atom stereocenters. The highest BCUT2D eigenvalue weighted by atomic mass is 35.5. The lowest BCUT2D eigenvalue weighted by Crippen LogP contribution is -2.31. The fourth-order valence-corrected chi connectivity index (χ4v) is 2.63. The van der Waals surface area contributed by atoms with Crippen LogP contribution in [0.1, 0.15) is 29.2 Å². The monoisotopic (exact) mass is 385 g/mol. The molecule has 0 aromatic heterocycles. The molecule has 2 aromatic rings. The number of hydrogen-bond donors (Lipinski definition) is 1. The van der Waals surface area contributed by atoms with Gasteiger partial charge in [0, 0.05) is 5.02 Å². The summed E-state index contributed by atoms with van der Waals surface area (Å²) in [5, 5.41) is 2.21. The van der Waals surface area contributed by atoms with Crippen molar-refractivity contribution in [1.82, 2.24) is 0 Å². The van der Waals surface area contributed by atoms with Gasteiger partial charge in [0.25, 0.3) is 5.91 Å². The van der Waals surface area contributed by atoms with Crippen molar-refractivity contribution in [2.45, 2.75) is 40.0 Å². The SMILES string of the molecule is Cc1cc(C)c(C)c(O[C@@H](C)C(=O)Nc2ccc(Cl)cc2C(F)(F)F)c1. The number of carbonyl (C=O) groups excluding carboxylic acids is 1. The molecule has 0 unspecified atom stereocenters. The van der Waals surface area contributed by atoms with E-state index >= 15 is 0 Å². The van der Waals surface area contributed by atoms with Crippen LogP contribution < -0.4 is 10.1 Å². The molecule has 0 saturated heterocycles. The van der Waals surface area contributed by atoms with Crippen LogP contribution in [0.5, 0.6) is 5.75 Å². The van der Waals surface area contributed by atoms with Crippen LogP contribution in [-0.2, 0) is 11.0 Å². The van der Waals surface area contributed by atoms with Gasteiger partial charge in [0.05, 0.1) is 11.3 Å². The molecule has 0 radical (unpaired) electrons. The van der Waals surface area contributed by atoms with Gasteiger partial charge in [-0.3, -0.25) is 4.79 Å². The Kier molecular flexibility index (Phi) is 5.86. The second kappa shape index (κ2) is 7.58. The lowest BCUT2D eigenvalue weighted by atomic mass is 10.1. The van der Waals surface area contributed by atoms with Crippen LogP contribution >= 0.6 is 11.6 Å². The fourth-order valence-electron chi connectivity index (χ4n) is 2.46. The van der Waals surface area contributed by atoms with Gasteiger partial charge in [-0.2, -0.15) is 13.2 Å². The molecule has 3 nitrogen and oxygen atoms in total. The number of carbonyl (C=O) groups is 1. The van der Waals surface area contributed by atoms with Crippen LogP contribution in [-0.4, -0.2) is 12.0 Å². The number of halogens is 4. The molecule has 140 valence electrons. The zero-order chi connectivity index (χ0) is 19.6. The van der Waals surface area contributed by atoms with E-state index in [1.165, 1.54) is 13.0 Å². The highest BCUT2D eigenvalue weighted by Crippen LogP contribution is 2.36. The van der Waals surface area contributed by atoms with Gasteiger partial charge in [-0.15, -0.1) is 0 Å². The summed E-state index contributed by atoms with van der Waals surface area (Å²) < 4.78 is 45.1. The third-order valence-electron chi connectivity index (χ3n) is 3.98. The molecule has 0 bridgehead atoms. The largest absolute Gasteiger partial charge is 0.481 e. The van der Waals surface area contributed by atoms with Crippen LogP contribution in [0.2, 0.25) is 5.02 Å². The van der Waals surface area contributed by atoms with E-state index in [1.807, 2.05) is 26.8 Å². The normalized spacial score (nSPS) is 12.6. The average Bonchev–Trinajstić information content (AvgIpc) is 2.52. The van der Waals surface area contributed by atoms with E-state index in [1.54, 1.807) is 6.07 Å². The number of nitrogens with one attached hydrogen (secondary N) is 1. The zero-order valence-electron chi connectivity index (χ0n) is 14.8. The molecule has 0 spiro atoms. The van der Waals surface area contributed by atoms with Crippen molar-refractivity contribution in [3.63, 3.8) is 0 Å². The van der Waals surface area contributed by atoms with Crippen molar-refractivity contribution in [1.29, 1.82) is 0 Å². The molecule has 7 heteroatoms. The molecular weight excluding hydrogens is 367 g/mol. The molecule has 0 aliphatic heterocycles. The van der Waals surface area contributed by atoms with E-state index in [4.69, 9.17) is 16.3 Å². The van der Waals surface area contributed by atoms with Gasteiger partial charge in [0.1, 0.15) is 5.75 Å². The van der Waals surface area contributed by atoms with E-state index in [0.717, 1.165) is 28.8 Å². The minimum atomic E-state index is -4.64. The lowest BCUT2D eigenvalue weighted by molar-refractivity contribution is -0.137. The van der Waals surface area contributed by atoms with Crippen molar-refractivity contribution in [2.75, 3.05) is 5.32 Å². The Morgan fingerprint density at radius 1 is 1.15 bits per heavy atom. The number of benzene rings is 2. The number of amides is 1. The van der Waals surface area contributed by atoms with Gasteiger partial charge in [-0.1, -0.05) is 17.7 Å². The number of rotatable bonds is 4. The van der Waals surface area contributed by atoms with E-state index in [0.29, 0.717) is 5.75 Å². The lowest BCUT2D eigenvalue weighted by Gasteiger charge is -2.19. The summed E-state index contributed by atoms with van der Waals surface area (Å²) in [5.41, 5.74) is 1.47. The Bertz CT molecular complexity index is 834. The molecule has 1 N–H and O–H groups in total. The van der Waals surface area contributed by atoms with Crippen LogP contribution in [0.4, 0.5) is 18.9 Å². The highest BCUT2D eigenvalue weighted by Gasteiger charge is 2.34. The quantitative estimate of drug-likeness (QED) is 0.734. The van der Waals surface area contributed by atoms with Crippen molar-refractivity contribution in [2.24, 2.45) is 0 Å². The predicted octanol–water partition coefficient (Wildman–Crippen LogP) is 5.69. The van der Waals surface area contributed by atoms with Gasteiger partial charge in [-0.25, -0.2) is 0 Å². The van der Waals surface area contributed by atoms with Gasteiger partial charge < -0.3 is 10.1 Å². The Balaban J connectivity index is 2.21. The summed E-state index contributed by atoms with van der Waals surface area (Å²) in [5.74, 6) is -0.159. The molecular formula is C19H19ClF3NO2. The molecule has 0 aliphatic carbocycles. The van der Waals surface area contributed by atoms with E-state index in [-0.39, 0.29) is 10.7 Å². The number of aryl methyl sites for hydroxylation is 2. The minimum Gasteiger partial charge on any atom is -0.481 e. The summed E-state index contributed by atoms with van der Waals surface area (Å²) in [6.45, 7) is 7.15. The first-order valence-electron chi connectivity index (χ1n) is 7.91. The molecule has 26 heavy (non-hydrogen) atoms. The molecule has 0 aliphatic rings. The maximum absolute atomic E-state index is 13.1. The molecule has 0 saturated carbocycles. The number of anilines is 1. The summed E-state index contributed by atoms with van der Waals surface area (Å²) >= 11 is 5.64. The topological polar surface area (TPSA) is 38.3 Å². The van der Waals surface area contributed by atoms with E-state index in [2.05, 4.69) is 5.32 Å². The standard InChI is InChI=1S/C19H19ClF3NO2/c1-10-7-11(2)12(3)17(8-10)26-13(4)18(25)24-16-6-5-14(20)9-15(16)19(21,22)23/h5-9,13H,1-4H3,(H,24,25)/t13-/m0/s1. The Labute approximate surface area is 155 Å². The molecule has 0 heterocycles. The fraction of sp³-hybridized carbons (Fsp3) is 0.316. The summed E-state index contributed by atoms with van der Waals surface area (Å²) in [6.07, 6.45) is -5.62. The van der Waals surface area contributed by atoms with Crippen molar-refractivity contribution >= 4 is 23.2 Å². The maximum atomic E-state index is 13.1. The third-order valence-corrected chi connectivity index (χ3v) is 4.22. The highest BCUT2D eigenvalue weighted by molar-refractivity contribution is 6.30. The molecule has 1 amide bonds. The molecule has 2 aromatic carbocycles. The average molecular weight is 386 g/mol. The molecule has 0 fully saturated rings. The predicted molar refractivity (Wildman–Crippen MR) is 95.8 cm³/mol. The first-order chi connectivity index (χ1) is 12.0. The van der Waals surface area contributed by atoms with Crippen LogP contribution in [0.15, 0.2) is 30.3 Å². The number of alkyl halides is 3. The third kappa shape index (κ3) is 4.69. The number of hydrogen-bond acceptors (Lipinski definition) is 2. The zero-order valence-corrected chi connectivity index (χ0v) is 15.5. The Hall–Kier alpha value is -2.21. The summed E-state index contributed by atoms with van der Waals surface area (Å²) in [6, 6.07) is 6.95. The first-order valence-corrected chi connectivity index (χ1v) is 8.29. The van der Waals surface area contributed by atoms with Gasteiger partial charge in [0.2, 0.25) is 0 Å². The van der Waals surface area contributed by atoms with Gasteiger partial charge >= 0.3 is 6.18 Å². The van der Waals surface area contributed by atoms with Crippen LogP contribution in [0.3, 0.4) is 0 Å². The van der Waals surface area contributed by atoms with Crippen molar-refractivity contribution in [3.05, 3.63) is 57.6 Å². The minimum absolute atomic E-state index is 0.0644. The van der Waals surface area contributed by atoms with Crippen molar-refractivity contribution < 1.29 is 22.7 Å². The van der Waals surface area contributed by atoms with Crippen molar-refractivity contribution in [3.8, 4) is 5.75 Å². The van der Waals surface area contributed by atoms with Gasteiger partial charge in [0.15, 0.2) is 6.10 Å². The second-order valence-corrected chi connectivity index (χ2v) is 6.58. The Morgan fingerprint density at radius 3 is 2.42 bits per heavy atom. The van der Waals surface area contributed by atoms with Gasteiger partial charge in [-0.05, 0) is 68.7 Å². The summed E-state index contributed by atoms with van der Waals surface area (Å²) in [4.78, 5) is 12.3. The maximum Gasteiger partial charge on any atom is 0.418 e. The second-order valence-electron chi connectivity index (χ2n) is 6.14. The summed E-state index contributed by atoms with van der Waals surface area (Å²) in [7, 11) is 0. The van der Waals surface area contributed by atoms with Crippen LogP contribution in [0.25, 0.3) is 0 Å². The van der Waals surface area contributed by atoms with E-state index < -0.39 is 23.8 Å². The smallest absolute Gasteiger partial charge is 0.418 e. The Morgan fingerprint density at radius 2 is 1.81 bits per heavy atom.